The first kappa shape index (κ1) is 40.3. The molecule has 0 radical (unpaired) electrons. The molecule has 0 aliphatic carbocycles. The molecule has 0 bridgehead atoms. The van der Waals surface area contributed by atoms with Crippen molar-refractivity contribution in [2.24, 2.45) is 0 Å². The molecule has 1 aliphatic rings. The lowest BCUT2D eigenvalue weighted by Gasteiger charge is -2.38. The van der Waals surface area contributed by atoms with Gasteiger partial charge in [0.1, 0.15) is 25.2 Å². The van der Waals surface area contributed by atoms with Gasteiger partial charge in [0.2, 0.25) is 15.8 Å². The standard InChI is InChI=1S/C42H52FN5O5SSi/c1-28(2)55(29(3)4,30(5)6)21-16-35-36(43)15-14-32-22-34(53-27-52-8)23-33(37(32)35)24-48-26-44-38-39(48)45-41(47-19-17-42(7,49)18-20-47)46-40(38)54(50,51)25-31-12-10-9-11-13-31/h9-15,22-23,26,28-30,49H,17-20,24-25,27H2,1-8H3. The molecular formula is C42H52FN5O5SSi. The van der Waals surface area contributed by atoms with Gasteiger partial charge in [-0.2, -0.15) is 9.97 Å². The maximum Gasteiger partial charge on any atom is 0.228 e. The second kappa shape index (κ2) is 16.0. The van der Waals surface area contributed by atoms with Gasteiger partial charge in [0.25, 0.3) is 0 Å². The molecule has 2 aromatic heterocycles. The largest absolute Gasteiger partial charge is 0.468 e. The van der Waals surface area contributed by atoms with Gasteiger partial charge >= 0.3 is 0 Å². The highest BCUT2D eigenvalue weighted by molar-refractivity contribution is 7.90. The summed E-state index contributed by atoms with van der Waals surface area (Å²) in [6, 6.07) is 15.8. The third-order valence-electron chi connectivity index (χ3n) is 11.1. The predicted molar refractivity (Wildman–Crippen MR) is 218 cm³/mol. The molecule has 10 nitrogen and oxygen atoms in total. The van der Waals surface area contributed by atoms with Crippen LogP contribution in [0.1, 0.15) is 78.0 Å². The number of rotatable bonds is 12. The van der Waals surface area contributed by atoms with Gasteiger partial charge in [-0.15, -0.1) is 5.54 Å². The van der Waals surface area contributed by atoms with Crippen LogP contribution in [-0.2, 0) is 26.9 Å². The summed E-state index contributed by atoms with van der Waals surface area (Å²) in [7, 11) is -4.68. The van der Waals surface area contributed by atoms with Crippen LogP contribution in [0.25, 0.3) is 21.9 Å². The van der Waals surface area contributed by atoms with Crippen molar-refractivity contribution in [3.8, 4) is 17.2 Å². The number of hydrogen-bond acceptors (Lipinski definition) is 9. The molecule has 1 saturated heterocycles. The number of benzene rings is 3. The Morgan fingerprint density at radius 1 is 0.982 bits per heavy atom. The summed E-state index contributed by atoms with van der Waals surface area (Å²) in [5.41, 5.74) is 6.05. The third-order valence-corrected chi connectivity index (χ3v) is 19.0. The molecule has 0 atom stereocenters. The molecule has 13 heteroatoms. The molecule has 0 unspecified atom stereocenters. The molecule has 0 amide bonds. The molecule has 292 valence electrons. The highest BCUT2D eigenvalue weighted by atomic mass is 32.2. The Hall–Kier alpha value is -4.35. The quantitative estimate of drug-likeness (QED) is 0.0580. The van der Waals surface area contributed by atoms with Gasteiger partial charge in [0, 0.05) is 25.6 Å². The zero-order chi connectivity index (χ0) is 39.7. The molecule has 1 fully saturated rings. The van der Waals surface area contributed by atoms with Crippen molar-refractivity contribution in [3.05, 3.63) is 83.4 Å². The Bertz CT molecular complexity index is 2320. The van der Waals surface area contributed by atoms with Crippen molar-refractivity contribution in [2.75, 3.05) is 31.9 Å². The molecule has 6 rings (SSSR count). The second-order valence-electron chi connectivity index (χ2n) is 15.9. The highest BCUT2D eigenvalue weighted by Gasteiger charge is 2.42. The first-order valence-corrected chi connectivity index (χ1v) is 22.8. The van der Waals surface area contributed by atoms with Crippen LogP contribution in [0.2, 0.25) is 16.6 Å². The van der Waals surface area contributed by atoms with Crippen LogP contribution in [0.15, 0.2) is 66.0 Å². The molecule has 1 N–H and O–H groups in total. The number of halogens is 1. The fourth-order valence-corrected chi connectivity index (χ4v) is 14.8. The predicted octanol–water partition coefficient (Wildman–Crippen LogP) is 8.04. The zero-order valence-corrected chi connectivity index (χ0v) is 34.9. The average Bonchev–Trinajstić information content (AvgIpc) is 3.53. The lowest BCUT2D eigenvalue weighted by atomic mass is 9.94. The normalized spacial score (nSPS) is 15.0. The van der Waals surface area contributed by atoms with E-state index in [-0.39, 0.29) is 35.6 Å². The van der Waals surface area contributed by atoms with E-state index < -0.39 is 29.3 Å². The molecule has 3 heterocycles. The summed E-state index contributed by atoms with van der Waals surface area (Å²) in [6.07, 6.45) is 2.51. The van der Waals surface area contributed by atoms with E-state index in [0.29, 0.717) is 76.0 Å². The monoisotopic (exact) mass is 785 g/mol. The Labute approximate surface area is 325 Å². The summed E-state index contributed by atoms with van der Waals surface area (Å²) in [5, 5.41) is 11.9. The zero-order valence-electron chi connectivity index (χ0n) is 33.1. The number of aliphatic hydroxyl groups is 1. The highest BCUT2D eigenvalue weighted by Crippen LogP contribution is 2.41. The molecule has 3 aromatic carbocycles. The summed E-state index contributed by atoms with van der Waals surface area (Å²) in [6.45, 7) is 16.2. The van der Waals surface area contributed by atoms with E-state index in [9.17, 15) is 13.5 Å². The number of piperidine rings is 1. The number of ether oxygens (including phenoxy) is 2. The lowest BCUT2D eigenvalue weighted by Crippen LogP contribution is -2.43. The molecule has 0 spiro atoms. The number of imidazole rings is 1. The number of anilines is 1. The van der Waals surface area contributed by atoms with Crippen LogP contribution in [0.3, 0.4) is 0 Å². The van der Waals surface area contributed by atoms with Crippen molar-refractivity contribution in [2.45, 2.75) is 101 Å². The van der Waals surface area contributed by atoms with E-state index in [1.54, 1.807) is 55.3 Å². The minimum Gasteiger partial charge on any atom is -0.468 e. The number of nitrogens with zero attached hydrogens (tertiary/aromatic N) is 5. The number of hydrogen-bond donors (Lipinski definition) is 1. The summed E-state index contributed by atoms with van der Waals surface area (Å²) >= 11 is 0. The van der Waals surface area contributed by atoms with Crippen molar-refractivity contribution in [3.63, 3.8) is 0 Å². The van der Waals surface area contributed by atoms with Gasteiger partial charge in [0.05, 0.1) is 29.8 Å². The lowest BCUT2D eigenvalue weighted by molar-refractivity contribution is 0.0348. The first-order chi connectivity index (χ1) is 26.1. The van der Waals surface area contributed by atoms with Gasteiger partial charge < -0.3 is 24.0 Å². The van der Waals surface area contributed by atoms with E-state index in [2.05, 4.69) is 63.0 Å². The second-order valence-corrected chi connectivity index (χ2v) is 23.4. The van der Waals surface area contributed by atoms with E-state index >= 15 is 4.39 Å². The molecule has 1 aliphatic heterocycles. The number of aromatic nitrogens is 4. The van der Waals surface area contributed by atoms with Gasteiger partial charge in [0.15, 0.2) is 17.5 Å². The average molecular weight is 786 g/mol. The first-order valence-electron chi connectivity index (χ1n) is 18.9. The summed E-state index contributed by atoms with van der Waals surface area (Å²) in [5.74, 6) is 3.47. The Balaban J connectivity index is 1.55. The molecular weight excluding hydrogens is 734 g/mol. The molecule has 0 saturated carbocycles. The van der Waals surface area contributed by atoms with Crippen molar-refractivity contribution < 1.29 is 27.4 Å². The smallest absolute Gasteiger partial charge is 0.228 e. The minimum absolute atomic E-state index is 0.0139. The van der Waals surface area contributed by atoms with Gasteiger partial charge in [-0.05, 0) is 71.1 Å². The fraction of sp³-hybridized carbons (Fsp3) is 0.452. The van der Waals surface area contributed by atoms with E-state index in [1.807, 2.05) is 23.1 Å². The van der Waals surface area contributed by atoms with E-state index in [4.69, 9.17) is 14.5 Å². The van der Waals surface area contributed by atoms with Gasteiger partial charge in [-0.1, -0.05) is 83.9 Å². The van der Waals surface area contributed by atoms with Crippen LogP contribution < -0.4 is 9.64 Å². The fourth-order valence-electron chi connectivity index (χ4n) is 8.17. The molecule has 5 aromatic rings. The Kier molecular flexibility index (Phi) is 11.7. The van der Waals surface area contributed by atoms with E-state index in [1.165, 1.54) is 6.07 Å². The molecule has 55 heavy (non-hydrogen) atoms. The number of methoxy groups -OCH3 is 1. The SMILES string of the molecule is COCOc1cc(Cn2cnc3c(S(=O)(=O)Cc4ccccc4)nc(N4CCC(C)(O)CC4)nc32)c2c(C#C[Si](C(C)C)(C(C)C)C(C)C)c(F)ccc2c1. The number of sulfone groups is 1. The van der Waals surface area contributed by atoms with Crippen LogP contribution in [0.5, 0.6) is 5.75 Å². The van der Waals surface area contributed by atoms with Crippen LogP contribution in [-0.4, -0.2) is 73.7 Å². The minimum atomic E-state index is -3.99. The van der Waals surface area contributed by atoms with Crippen molar-refractivity contribution in [1.29, 1.82) is 0 Å². The number of fused-ring (bicyclic) bond motifs is 2. The van der Waals surface area contributed by atoms with Gasteiger partial charge in [-0.3, -0.25) is 0 Å². The Morgan fingerprint density at radius 2 is 1.65 bits per heavy atom. The van der Waals surface area contributed by atoms with Crippen LogP contribution in [0.4, 0.5) is 10.3 Å². The third kappa shape index (κ3) is 8.28. The van der Waals surface area contributed by atoms with Gasteiger partial charge in [-0.25, -0.2) is 17.8 Å². The van der Waals surface area contributed by atoms with Crippen LogP contribution >= 0.6 is 0 Å². The Morgan fingerprint density at radius 3 is 2.29 bits per heavy atom. The summed E-state index contributed by atoms with van der Waals surface area (Å²) < 4.78 is 57.3. The van der Waals surface area contributed by atoms with Crippen molar-refractivity contribution in [1.82, 2.24) is 19.5 Å². The topological polar surface area (TPSA) is 120 Å². The summed E-state index contributed by atoms with van der Waals surface area (Å²) in [4.78, 5) is 16.1. The van der Waals surface area contributed by atoms with Crippen molar-refractivity contribution >= 4 is 45.8 Å². The van der Waals surface area contributed by atoms with Crippen LogP contribution in [0, 0.1) is 17.3 Å². The maximum atomic E-state index is 16.1. The maximum absolute atomic E-state index is 16.1. The van der Waals surface area contributed by atoms with E-state index in [0.717, 1.165) is 5.39 Å².